The lowest BCUT2D eigenvalue weighted by Gasteiger charge is -2.47. The number of pyridine rings is 2. The normalized spacial score (nSPS) is 18.7. The summed E-state index contributed by atoms with van der Waals surface area (Å²) in [5.41, 5.74) is 0.0147. The van der Waals surface area contributed by atoms with Gasteiger partial charge in [-0.05, 0) is 42.7 Å². The summed E-state index contributed by atoms with van der Waals surface area (Å²) in [6, 6.07) is 10.2. The number of hydrogen-bond acceptors (Lipinski definition) is 5. The van der Waals surface area contributed by atoms with Gasteiger partial charge in [0, 0.05) is 24.2 Å². The molecule has 9 heteroatoms. The van der Waals surface area contributed by atoms with Gasteiger partial charge >= 0.3 is 6.18 Å². The summed E-state index contributed by atoms with van der Waals surface area (Å²) in [4.78, 5) is 22.5. The van der Waals surface area contributed by atoms with Gasteiger partial charge in [-0.25, -0.2) is 9.97 Å². The highest BCUT2D eigenvalue weighted by molar-refractivity contribution is 5.95. The lowest BCUT2D eigenvalue weighted by atomic mass is 9.86. The molecule has 1 amide bonds. The second-order valence-corrected chi connectivity index (χ2v) is 7.41. The van der Waals surface area contributed by atoms with Crippen LogP contribution in [-0.2, 0) is 6.18 Å². The quantitative estimate of drug-likeness (QED) is 0.653. The predicted molar refractivity (Wildman–Crippen MR) is 107 cm³/mol. The van der Waals surface area contributed by atoms with Crippen LogP contribution in [0.5, 0.6) is 11.6 Å². The van der Waals surface area contributed by atoms with Gasteiger partial charge in [-0.1, -0.05) is 13.0 Å². The molecule has 2 atom stereocenters. The van der Waals surface area contributed by atoms with Crippen LogP contribution >= 0.6 is 0 Å². The average molecular weight is 431 g/mol. The number of hydrogen-bond donors (Lipinski definition) is 1. The molecule has 31 heavy (non-hydrogen) atoms. The second-order valence-electron chi connectivity index (χ2n) is 7.41. The molecule has 6 nitrogen and oxygen atoms in total. The van der Waals surface area contributed by atoms with E-state index in [1.165, 1.54) is 0 Å². The first-order chi connectivity index (χ1) is 14.8. The lowest BCUT2D eigenvalue weighted by Crippen LogP contribution is -2.60. The van der Waals surface area contributed by atoms with Gasteiger partial charge in [0.25, 0.3) is 5.91 Å². The third-order valence-corrected chi connectivity index (χ3v) is 5.51. The van der Waals surface area contributed by atoms with E-state index in [1.807, 2.05) is 6.92 Å². The topological polar surface area (TPSA) is 75.6 Å². The Labute approximate surface area is 176 Å². The summed E-state index contributed by atoms with van der Waals surface area (Å²) >= 11 is 0. The Morgan fingerprint density at radius 2 is 2.03 bits per heavy atom. The molecule has 0 unspecified atom stereocenters. The second kappa shape index (κ2) is 8.14. The molecule has 1 saturated heterocycles. The summed E-state index contributed by atoms with van der Waals surface area (Å²) < 4.78 is 43.5. The van der Waals surface area contributed by atoms with Crippen LogP contribution in [0.2, 0.25) is 0 Å². The molecule has 1 aliphatic heterocycles. The van der Waals surface area contributed by atoms with Crippen LogP contribution in [0.3, 0.4) is 0 Å². The molecule has 4 rings (SSSR count). The van der Waals surface area contributed by atoms with Gasteiger partial charge in [0.1, 0.15) is 11.4 Å². The van der Waals surface area contributed by atoms with E-state index in [4.69, 9.17) is 4.74 Å². The van der Waals surface area contributed by atoms with E-state index in [0.717, 1.165) is 18.6 Å². The summed E-state index contributed by atoms with van der Waals surface area (Å²) in [6.45, 7) is 2.56. The van der Waals surface area contributed by atoms with Gasteiger partial charge in [-0.15, -0.1) is 0 Å². The van der Waals surface area contributed by atoms with Crippen molar-refractivity contribution in [2.24, 2.45) is 5.92 Å². The van der Waals surface area contributed by atoms with E-state index < -0.39 is 11.7 Å². The maximum atomic E-state index is 12.7. The Morgan fingerprint density at radius 3 is 2.68 bits per heavy atom. The number of halogens is 3. The van der Waals surface area contributed by atoms with Crippen molar-refractivity contribution in [3.63, 3.8) is 0 Å². The number of rotatable bonds is 5. The SMILES string of the molecule is CC[C@@H]1CN(C(=O)c2ccc3cc(Oc4ccc(C(F)(F)F)cn4)ccc3n2)[C@@H]1CO. The van der Waals surface area contributed by atoms with Crippen LogP contribution in [0.1, 0.15) is 29.4 Å². The van der Waals surface area contributed by atoms with Crippen LogP contribution in [-0.4, -0.2) is 45.1 Å². The molecular formula is C22H20F3N3O3. The van der Waals surface area contributed by atoms with Crippen LogP contribution < -0.4 is 4.74 Å². The monoisotopic (exact) mass is 431 g/mol. The van der Waals surface area contributed by atoms with Crippen LogP contribution in [0.4, 0.5) is 13.2 Å². The zero-order valence-electron chi connectivity index (χ0n) is 16.6. The zero-order valence-corrected chi connectivity index (χ0v) is 16.6. The van der Waals surface area contributed by atoms with Crippen LogP contribution in [0.25, 0.3) is 10.9 Å². The van der Waals surface area contributed by atoms with Gasteiger partial charge in [-0.3, -0.25) is 4.79 Å². The molecule has 1 aliphatic rings. The first-order valence-electron chi connectivity index (χ1n) is 9.84. The number of benzene rings is 1. The van der Waals surface area contributed by atoms with Crippen molar-refractivity contribution in [1.82, 2.24) is 14.9 Å². The Balaban J connectivity index is 1.50. The molecule has 1 N–H and O–H groups in total. The van der Waals surface area contributed by atoms with E-state index in [2.05, 4.69) is 9.97 Å². The molecule has 0 saturated carbocycles. The fourth-order valence-electron chi connectivity index (χ4n) is 3.67. The number of carbonyl (C=O) groups is 1. The molecule has 0 spiro atoms. The van der Waals surface area contributed by atoms with Gasteiger partial charge in [0.2, 0.25) is 5.88 Å². The molecule has 0 radical (unpaired) electrons. The minimum absolute atomic E-state index is 0.0328. The van der Waals surface area contributed by atoms with Crippen molar-refractivity contribution in [1.29, 1.82) is 0 Å². The van der Waals surface area contributed by atoms with Gasteiger partial charge in [0.15, 0.2) is 0 Å². The fraction of sp³-hybridized carbons (Fsp3) is 0.318. The highest BCUT2D eigenvalue weighted by Crippen LogP contribution is 2.31. The molecule has 1 fully saturated rings. The van der Waals surface area contributed by atoms with Crippen molar-refractivity contribution in [3.05, 3.63) is 59.9 Å². The third-order valence-electron chi connectivity index (χ3n) is 5.51. The molecular weight excluding hydrogens is 411 g/mol. The van der Waals surface area contributed by atoms with Crippen molar-refractivity contribution in [2.45, 2.75) is 25.6 Å². The minimum atomic E-state index is -4.46. The number of aromatic nitrogens is 2. The standard InChI is InChI=1S/C22H20F3N3O3/c1-2-13-11-28(19(13)12-29)21(30)18-6-3-14-9-16(5-7-17(14)27-18)31-20-8-4-15(10-26-20)22(23,24)25/h3-10,13,19,29H,2,11-12H2,1H3/t13-,19-/m1/s1. The number of amides is 1. The maximum Gasteiger partial charge on any atom is 0.417 e. The highest BCUT2D eigenvalue weighted by atomic mass is 19.4. The molecule has 0 bridgehead atoms. The number of alkyl halides is 3. The molecule has 3 heterocycles. The zero-order chi connectivity index (χ0) is 22.2. The fourth-order valence-corrected chi connectivity index (χ4v) is 3.67. The number of fused-ring (bicyclic) bond motifs is 1. The number of likely N-dealkylation sites (tertiary alicyclic amines) is 1. The van der Waals surface area contributed by atoms with Gasteiger partial charge < -0.3 is 14.7 Å². The van der Waals surface area contributed by atoms with Crippen molar-refractivity contribution < 1.29 is 27.8 Å². The van der Waals surface area contributed by atoms with Gasteiger partial charge in [0.05, 0.1) is 23.7 Å². The molecule has 0 aliphatic carbocycles. The van der Waals surface area contributed by atoms with Crippen molar-refractivity contribution in [2.75, 3.05) is 13.2 Å². The Bertz CT molecular complexity index is 1100. The summed E-state index contributed by atoms with van der Waals surface area (Å²) in [7, 11) is 0. The van der Waals surface area contributed by atoms with Crippen LogP contribution in [0, 0.1) is 5.92 Å². The van der Waals surface area contributed by atoms with Crippen molar-refractivity contribution >= 4 is 16.8 Å². The minimum Gasteiger partial charge on any atom is -0.439 e. The highest BCUT2D eigenvalue weighted by Gasteiger charge is 2.40. The number of aliphatic hydroxyl groups is 1. The largest absolute Gasteiger partial charge is 0.439 e. The maximum absolute atomic E-state index is 12.7. The number of aliphatic hydroxyl groups excluding tert-OH is 1. The number of nitrogens with zero attached hydrogens (tertiary/aromatic N) is 3. The summed E-state index contributed by atoms with van der Waals surface area (Å²) in [5, 5.41) is 10.2. The van der Waals surface area contributed by atoms with E-state index in [-0.39, 0.29) is 24.4 Å². The molecule has 2 aromatic heterocycles. The lowest BCUT2D eigenvalue weighted by molar-refractivity contribution is -0.137. The first kappa shape index (κ1) is 21.0. The number of carbonyl (C=O) groups excluding carboxylic acids is 1. The summed E-state index contributed by atoms with van der Waals surface area (Å²) in [5.74, 6) is 0.493. The Kier molecular flexibility index (Phi) is 5.53. The van der Waals surface area contributed by atoms with E-state index in [0.29, 0.717) is 41.0 Å². The van der Waals surface area contributed by atoms with E-state index in [1.54, 1.807) is 35.2 Å². The van der Waals surface area contributed by atoms with E-state index >= 15 is 0 Å². The Morgan fingerprint density at radius 1 is 1.23 bits per heavy atom. The molecule has 3 aromatic rings. The van der Waals surface area contributed by atoms with Crippen LogP contribution in [0.15, 0.2) is 48.7 Å². The molecule has 162 valence electrons. The average Bonchev–Trinajstić information content (AvgIpc) is 2.73. The first-order valence-corrected chi connectivity index (χ1v) is 9.84. The van der Waals surface area contributed by atoms with Gasteiger partial charge in [-0.2, -0.15) is 13.2 Å². The predicted octanol–water partition coefficient (Wildman–Crippen LogP) is 4.28. The molecule has 1 aromatic carbocycles. The smallest absolute Gasteiger partial charge is 0.417 e. The van der Waals surface area contributed by atoms with E-state index in [9.17, 15) is 23.1 Å². The Hall–Kier alpha value is -3.20. The number of ether oxygens (including phenoxy) is 1. The summed E-state index contributed by atoms with van der Waals surface area (Å²) in [6.07, 6.45) is -2.84. The van der Waals surface area contributed by atoms with Crippen molar-refractivity contribution in [3.8, 4) is 11.6 Å². The third kappa shape index (κ3) is 4.18.